The van der Waals surface area contributed by atoms with Crippen molar-refractivity contribution in [2.75, 3.05) is 0 Å². The van der Waals surface area contributed by atoms with Gasteiger partial charge in [-0.1, -0.05) is 54.6 Å². The number of fused-ring (bicyclic) bond motifs is 7. The van der Waals surface area contributed by atoms with E-state index in [1.54, 1.807) is 0 Å². The number of aromatic amines is 1. The quantitative estimate of drug-likeness (QED) is 0.412. The van der Waals surface area contributed by atoms with Crippen molar-refractivity contribution in [2.45, 2.75) is 6.42 Å². The van der Waals surface area contributed by atoms with E-state index in [1.165, 1.54) is 38.5 Å². The van der Waals surface area contributed by atoms with Gasteiger partial charge in [0.15, 0.2) is 0 Å². The zero-order valence-electron chi connectivity index (χ0n) is 10.9. The number of benzene rings is 3. The van der Waals surface area contributed by atoms with Gasteiger partial charge in [0.2, 0.25) is 0 Å². The first kappa shape index (κ1) is 10.3. The number of hydrogen-bond acceptors (Lipinski definition) is 0. The maximum Gasteiger partial charge on any atom is 0.0547 e. The van der Waals surface area contributed by atoms with Gasteiger partial charge < -0.3 is 4.98 Å². The molecule has 0 atom stereocenters. The minimum absolute atomic E-state index is 1.04. The van der Waals surface area contributed by atoms with Gasteiger partial charge in [0, 0.05) is 22.4 Å². The molecule has 93 valence electrons. The average Bonchev–Trinajstić information content (AvgIpc) is 3.04. The van der Waals surface area contributed by atoms with Crippen molar-refractivity contribution in [3.8, 4) is 11.1 Å². The Hall–Kier alpha value is -2.54. The summed E-state index contributed by atoms with van der Waals surface area (Å²) in [5.41, 5.74) is 7.95. The molecule has 0 saturated carbocycles. The molecule has 0 unspecified atom stereocenters. The van der Waals surface area contributed by atoms with Gasteiger partial charge in [0.1, 0.15) is 0 Å². The number of nitrogens with one attached hydrogen (secondary N) is 1. The Bertz CT molecular complexity index is 976. The van der Waals surface area contributed by atoms with Crippen LogP contribution in [-0.4, -0.2) is 4.98 Å². The van der Waals surface area contributed by atoms with Crippen molar-refractivity contribution in [1.82, 2.24) is 4.98 Å². The topological polar surface area (TPSA) is 15.8 Å². The highest BCUT2D eigenvalue weighted by Crippen LogP contribution is 2.42. The fraction of sp³-hybridized carbons (Fsp3) is 0.0526. The third-order valence-corrected chi connectivity index (χ3v) is 4.36. The van der Waals surface area contributed by atoms with Crippen LogP contribution in [0.15, 0.2) is 54.6 Å². The van der Waals surface area contributed by atoms with Crippen molar-refractivity contribution in [3.05, 3.63) is 71.8 Å². The molecule has 0 bridgehead atoms. The van der Waals surface area contributed by atoms with E-state index >= 15 is 0 Å². The van der Waals surface area contributed by atoms with Crippen molar-refractivity contribution >= 4 is 21.8 Å². The van der Waals surface area contributed by atoms with E-state index in [1.807, 2.05) is 6.07 Å². The van der Waals surface area contributed by atoms with E-state index < -0.39 is 0 Å². The smallest absolute Gasteiger partial charge is 0.0547 e. The highest BCUT2D eigenvalue weighted by atomic mass is 14.7. The average molecular weight is 254 g/mol. The molecule has 1 heteroatoms. The molecule has 1 nitrogen and oxygen atoms in total. The molecule has 0 saturated heterocycles. The third-order valence-electron chi connectivity index (χ3n) is 4.36. The number of rotatable bonds is 0. The van der Waals surface area contributed by atoms with Gasteiger partial charge in [-0.15, -0.1) is 0 Å². The van der Waals surface area contributed by atoms with Crippen molar-refractivity contribution in [1.29, 1.82) is 0 Å². The molecule has 1 radical (unpaired) electrons. The fourth-order valence-electron chi connectivity index (χ4n) is 3.47. The summed E-state index contributed by atoms with van der Waals surface area (Å²) in [4.78, 5) is 3.56. The number of hydrogen-bond donors (Lipinski definition) is 1. The molecule has 20 heavy (non-hydrogen) atoms. The summed E-state index contributed by atoms with van der Waals surface area (Å²) in [6, 6.07) is 22.7. The van der Waals surface area contributed by atoms with Crippen LogP contribution in [0.5, 0.6) is 0 Å². The van der Waals surface area contributed by atoms with Gasteiger partial charge in [-0.3, -0.25) is 0 Å². The van der Waals surface area contributed by atoms with Crippen LogP contribution in [0.25, 0.3) is 32.9 Å². The molecule has 1 N–H and O–H groups in total. The van der Waals surface area contributed by atoms with Gasteiger partial charge in [-0.25, -0.2) is 0 Å². The largest absolute Gasteiger partial charge is 0.353 e. The van der Waals surface area contributed by atoms with Crippen LogP contribution in [0, 0.1) is 6.07 Å². The molecule has 0 fully saturated rings. The van der Waals surface area contributed by atoms with Gasteiger partial charge in [-0.2, -0.15) is 0 Å². The van der Waals surface area contributed by atoms with Crippen LogP contribution < -0.4 is 0 Å². The lowest BCUT2D eigenvalue weighted by molar-refractivity contribution is 1.27. The van der Waals surface area contributed by atoms with Crippen LogP contribution in [0.3, 0.4) is 0 Å². The van der Waals surface area contributed by atoms with Crippen LogP contribution in [-0.2, 0) is 6.42 Å². The van der Waals surface area contributed by atoms with Gasteiger partial charge in [0.05, 0.1) is 11.0 Å². The molecule has 1 aliphatic carbocycles. The SMILES string of the molecule is [c]1cccc2c1[nH]c1c3c(ccc12)Cc1ccccc1-3. The molecule has 4 aromatic rings. The van der Waals surface area contributed by atoms with E-state index in [2.05, 4.69) is 59.6 Å². The molecule has 0 spiro atoms. The zero-order chi connectivity index (χ0) is 13.1. The maximum atomic E-state index is 3.56. The molecular formula is C19H12N. The first-order valence-electron chi connectivity index (χ1n) is 6.94. The maximum absolute atomic E-state index is 3.56. The van der Waals surface area contributed by atoms with E-state index in [0.717, 1.165) is 11.9 Å². The first-order valence-corrected chi connectivity index (χ1v) is 6.94. The Morgan fingerprint density at radius 3 is 2.80 bits per heavy atom. The molecule has 1 aliphatic rings. The fourth-order valence-corrected chi connectivity index (χ4v) is 3.47. The molecule has 0 amide bonds. The summed E-state index contributed by atoms with van der Waals surface area (Å²) in [5, 5.41) is 2.56. The minimum atomic E-state index is 1.04. The Balaban J connectivity index is 1.99. The number of para-hydroxylation sites is 1. The number of aromatic nitrogens is 1. The molecule has 3 aromatic carbocycles. The minimum Gasteiger partial charge on any atom is -0.353 e. The lowest BCUT2D eigenvalue weighted by Gasteiger charge is -2.02. The third kappa shape index (κ3) is 1.17. The van der Waals surface area contributed by atoms with Gasteiger partial charge in [0.25, 0.3) is 0 Å². The second kappa shape index (κ2) is 3.51. The number of H-pyrrole nitrogens is 1. The van der Waals surface area contributed by atoms with E-state index in [0.29, 0.717) is 0 Å². The highest BCUT2D eigenvalue weighted by Gasteiger charge is 2.21. The van der Waals surface area contributed by atoms with Crippen LogP contribution in [0.4, 0.5) is 0 Å². The first-order chi connectivity index (χ1) is 9.92. The molecule has 1 heterocycles. The summed E-state index contributed by atoms with van der Waals surface area (Å²) in [7, 11) is 0. The normalized spacial score (nSPS) is 12.8. The van der Waals surface area contributed by atoms with Gasteiger partial charge in [-0.05, 0) is 23.1 Å². The summed E-state index contributed by atoms with van der Waals surface area (Å²) in [6.45, 7) is 0. The van der Waals surface area contributed by atoms with E-state index in [4.69, 9.17) is 0 Å². The monoisotopic (exact) mass is 254 g/mol. The predicted octanol–water partition coefficient (Wildman–Crippen LogP) is 4.69. The molecule has 5 rings (SSSR count). The van der Waals surface area contributed by atoms with E-state index in [9.17, 15) is 0 Å². The Labute approximate surface area is 116 Å². The van der Waals surface area contributed by atoms with Crippen molar-refractivity contribution in [2.24, 2.45) is 0 Å². The van der Waals surface area contributed by atoms with Crippen LogP contribution in [0.1, 0.15) is 11.1 Å². The second-order valence-corrected chi connectivity index (χ2v) is 5.44. The lowest BCUT2D eigenvalue weighted by atomic mass is 10.0. The molecule has 0 aliphatic heterocycles. The highest BCUT2D eigenvalue weighted by molar-refractivity contribution is 6.13. The van der Waals surface area contributed by atoms with Gasteiger partial charge >= 0.3 is 0 Å². The van der Waals surface area contributed by atoms with Crippen molar-refractivity contribution in [3.63, 3.8) is 0 Å². The van der Waals surface area contributed by atoms with Crippen LogP contribution in [0.2, 0.25) is 0 Å². The Kier molecular flexibility index (Phi) is 1.80. The zero-order valence-corrected chi connectivity index (χ0v) is 10.9. The Morgan fingerprint density at radius 2 is 1.80 bits per heavy atom. The second-order valence-electron chi connectivity index (χ2n) is 5.44. The van der Waals surface area contributed by atoms with Crippen molar-refractivity contribution < 1.29 is 0 Å². The predicted molar refractivity (Wildman–Crippen MR) is 82.9 cm³/mol. The molecule has 1 aromatic heterocycles. The summed E-state index contributed by atoms with van der Waals surface area (Å²) in [5.74, 6) is 0. The lowest BCUT2D eigenvalue weighted by Crippen LogP contribution is -1.80. The van der Waals surface area contributed by atoms with Crippen LogP contribution >= 0.6 is 0 Å². The standard InChI is InChI=1S/C19H12N/c1-2-6-14-12(5-1)11-13-9-10-16-15-7-3-4-8-17(15)20-19(16)18(13)14/h1-7,9-10,20H,11H2. The summed E-state index contributed by atoms with van der Waals surface area (Å²) >= 11 is 0. The Morgan fingerprint density at radius 1 is 0.850 bits per heavy atom. The molecular weight excluding hydrogens is 242 g/mol. The summed E-state index contributed by atoms with van der Waals surface area (Å²) < 4.78 is 0. The van der Waals surface area contributed by atoms with E-state index in [-0.39, 0.29) is 0 Å². The summed E-state index contributed by atoms with van der Waals surface area (Å²) in [6.07, 6.45) is 1.04.